The van der Waals surface area contributed by atoms with Crippen LogP contribution in [-0.2, 0) is 0 Å². The van der Waals surface area contributed by atoms with Crippen molar-refractivity contribution in [3.63, 3.8) is 0 Å². The maximum absolute atomic E-state index is 5.91. The van der Waals surface area contributed by atoms with E-state index in [1.54, 1.807) is 6.07 Å². The van der Waals surface area contributed by atoms with E-state index in [1.807, 2.05) is 41.9 Å². The van der Waals surface area contributed by atoms with Gasteiger partial charge in [0.2, 0.25) is 0 Å². The van der Waals surface area contributed by atoms with Crippen molar-refractivity contribution in [1.82, 2.24) is 19.4 Å². The Morgan fingerprint density at radius 2 is 2.06 bits per heavy atom. The van der Waals surface area contributed by atoms with E-state index < -0.39 is 0 Å². The minimum atomic E-state index is 0.435. The zero-order valence-electron chi connectivity index (χ0n) is 9.13. The van der Waals surface area contributed by atoms with Gasteiger partial charge in [-0.05, 0) is 25.1 Å². The molecule has 0 bridgehead atoms. The molecule has 0 atom stereocenters. The Hall–Kier alpha value is -1.94. The molecular weight excluding hydrogens is 236 g/mol. The van der Waals surface area contributed by atoms with Gasteiger partial charge in [-0.1, -0.05) is 17.7 Å². The van der Waals surface area contributed by atoms with E-state index in [0.29, 0.717) is 11.0 Å². The minimum absolute atomic E-state index is 0.435. The Labute approximate surface area is 103 Å². The molecule has 0 fully saturated rings. The van der Waals surface area contributed by atoms with E-state index >= 15 is 0 Å². The van der Waals surface area contributed by atoms with E-state index in [-0.39, 0.29) is 0 Å². The number of hydrogen-bond acceptors (Lipinski definition) is 3. The van der Waals surface area contributed by atoms with Crippen molar-refractivity contribution in [1.29, 1.82) is 0 Å². The minimum Gasteiger partial charge on any atom is -0.306 e. The molecule has 0 aliphatic heterocycles. The predicted molar refractivity (Wildman–Crippen MR) is 66.0 cm³/mol. The average molecular weight is 245 g/mol. The number of aromatic nitrogens is 4. The van der Waals surface area contributed by atoms with Gasteiger partial charge < -0.3 is 4.40 Å². The number of halogens is 1. The van der Waals surface area contributed by atoms with Crippen LogP contribution in [0.1, 0.15) is 5.69 Å². The predicted octanol–water partition coefficient (Wildman–Crippen LogP) is 2.75. The molecule has 0 radical (unpaired) electrons. The molecule has 17 heavy (non-hydrogen) atoms. The summed E-state index contributed by atoms with van der Waals surface area (Å²) in [7, 11) is 0. The van der Waals surface area contributed by atoms with E-state index in [4.69, 9.17) is 11.6 Å². The lowest BCUT2D eigenvalue weighted by Crippen LogP contribution is -1.92. The van der Waals surface area contributed by atoms with Gasteiger partial charge in [-0.3, -0.25) is 0 Å². The summed E-state index contributed by atoms with van der Waals surface area (Å²) in [5.41, 5.74) is 2.42. The molecule has 84 valence electrons. The highest BCUT2D eigenvalue weighted by Gasteiger charge is 2.08. The Morgan fingerprint density at radius 3 is 2.82 bits per heavy atom. The molecule has 0 saturated heterocycles. The van der Waals surface area contributed by atoms with Crippen LogP contribution in [0.15, 0.2) is 36.7 Å². The smallest absolute Gasteiger partial charge is 0.181 e. The second kappa shape index (κ2) is 3.82. The molecule has 0 N–H and O–H groups in total. The fourth-order valence-electron chi connectivity index (χ4n) is 1.69. The summed E-state index contributed by atoms with van der Waals surface area (Å²) in [6.45, 7) is 1.88. The van der Waals surface area contributed by atoms with Crippen molar-refractivity contribution in [2.24, 2.45) is 0 Å². The summed E-state index contributed by atoms with van der Waals surface area (Å²) < 4.78 is 1.93. The Balaban J connectivity index is 2.20. The first-order valence-corrected chi connectivity index (χ1v) is 5.55. The highest BCUT2D eigenvalue weighted by atomic mass is 35.5. The van der Waals surface area contributed by atoms with Crippen molar-refractivity contribution in [2.45, 2.75) is 6.92 Å². The Bertz CT molecular complexity index is 637. The maximum Gasteiger partial charge on any atom is 0.181 e. The number of hydrogen-bond donors (Lipinski definition) is 0. The number of fused-ring (bicyclic) bond motifs is 1. The standard InChI is InChI=1S/C12H9ClN4/c1-8-6-10(13)16-12(14-8)9-7-17-5-3-2-4-11(17)15-9/h2-7H,1H3. The molecule has 3 heterocycles. The molecule has 3 aromatic rings. The monoisotopic (exact) mass is 244 g/mol. The summed E-state index contributed by atoms with van der Waals surface area (Å²) in [6.07, 6.45) is 3.82. The third-order valence-electron chi connectivity index (χ3n) is 2.42. The van der Waals surface area contributed by atoms with Crippen LogP contribution in [0.4, 0.5) is 0 Å². The van der Waals surface area contributed by atoms with E-state index in [9.17, 15) is 0 Å². The van der Waals surface area contributed by atoms with Gasteiger partial charge in [0.1, 0.15) is 16.5 Å². The Kier molecular flexibility index (Phi) is 2.30. The molecule has 0 aromatic carbocycles. The van der Waals surface area contributed by atoms with E-state index in [0.717, 1.165) is 17.0 Å². The lowest BCUT2D eigenvalue weighted by Gasteiger charge is -1.97. The van der Waals surface area contributed by atoms with E-state index in [2.05, 4.69) is 15.0 Å². The maximum atomic E-state index is 5.91. The van der Waals surface area contributed by atoms with Crippen LogP contribution in [-0.4, -0.2) is 19.4 Å². The van der Waals surface area contributed by atoms with Crippen LogP contribution < -0.4 is 0 Å². The SMILES string of the molecule is Cc1cc(Cl)nc(-c2cn3ccccc3n2)n1. The van der Waals surface area contributed by atoms with Crippen molar-refractivity contribution in [3.05, 3.63) is 47.5 Å². The number of aryl methyl sites for hydroxylation is 1. The second-order valence-electron chi connectivity index (χ2n) is 3.75. The lowest BCUT2D eigenvalue weighted by atomic mass is 10.4. The van der Waals surface area contributed by atoms with Gasteiger partial charge >= 0.3 is 0 Å². The highest BCUT2D eigenvalue weighted by Crippen LogP contribution is 2.17. The first kappa shape index (κ1) is 10.2. The van der Waals surface area contributed by atoms with Gasteiger partial charge in [0, 0.05) is 18.1 Å². The summed E-state index contributed by atoms with van der Waals surface area (Å²) >= 11 is 5.91. The summed E-state index contributed by atoms with van der Waals surface area (Å²) in [6, 6.07) is 7.54. The van der Waals surface area contributed by atoms with E-state index in [1.165, 1.54) is 0 Å². The molecule has 0 spiro atoms. The largest absolute Gasteiger partial charge is 0.306 e. The quantitative estimate of drug-likeness (QED) is 0.618. The number of pyridine rings is 1. The molecule has 0 saturated carbocycles. The molecule has 3 aromatic heterocycles. The number of imidazole rings is 1. The summed E-state index contributed by atoms with van der Waals surface area (Å²) in [5, 5.41) is 0.435. The normalized spacial score (nSPS) is 10.9. The Morgan fingerprint density at radius 1 is 1.18 bits per heavy atom. The van der Waals surface area contributed by atoms with Gasteiger partial charge in [0.15, 0.2) is 5.82 Å². The number of nitrogens with zero attached hydrogens (tertiary/aromatic N) is 4. The lowest BCUT2D eigenvalue weighted by molar-refractivity contribution is 1.10. The highest BCUT2D eigenvalue weighted by molar-refractivity contribution is 6.29. The molecule has 0 aliphatic carbocycles. The fraction of sp³-hybridized carbons (Fsp3) is 0.0833. The van der Waals surface area contributed by atoms with Crippen LogP contribution in [0, 0.1) is 6.92 Å². The number of rotatable bonds is 1. The summed E-state index contributed by atoms with van der Waals surface area (Å²) in [5.74, 6) is 0.554. The zero-order valence-corrected chi connectivity index (χ0v) is 9.89. The van der Waals surface area contributed by atoms with Crippen LogP contribution in [0.25, 0.3) is 17.2 Å². The van der Waals surface area contributed by atoms with Crippen LogP contribution in [0.2, 0.25) is 5.15 Å². The zero-order chi connectivity index (χ0) is 11.8. The third kappa shape index (κ3) is 1.87. The van der Waals surface area contributed by atoms with Crippen molar-refractivity contribution in [2.75, 3.05) is 0 Å². The fourth-order valence-corrected chi connectivity index (χ4v) is 1.93. The topological polar surface area (TPSA) is 43.1 Å². The second-order valence-corrected chi connectivity index (χ2v) is 4.14. The third-order valence-corrected chi connectivity index (χ3v) is 2.61. The average Bonchev–Trinajstić information content (AvgIpc) is 2.71. The molecule has 0 amide bonds. The first-order chi connectivity index (χ1) is 8.22. The van der Waals surface area contributed by atoms with Crippen LogP contribution in [0.3, 0.4) is 0 Å². The van der Waals surface area contributed by atoms with Crippen LogP contribution in [0.5, 0.6) is 0 Å². The van der Waals surface area contributed by atoms with Crippen molar-refractivity contribution in [3.8, 4) is 11.5 Å². The molecule has 0 aliphatic rings. The van der Waals surface area contributed by atoms with Crippen LogP contribution >= 0.6 is 11.6 Å². The van der Waals surface area contributed by atoms with Gasteiger partial charge in [-0.15, -0.1) is 0 Å². The molecule has 0 unspecified atom stereocenters. The first-order valence-electron chi connectivity index (χ1n) is 5.18. The summed E-state index contributed by atoms with van der Waals surface area (Å²) in [4.78, 5) is 13.0. The van der Waals surface area contributed by atoms with Gasteiger partial charge in [-0.25, -0.2) is 15.0 Å². The molecule has 3 rings (SSSR count). The molecule has 5 heteroatoms. The molecule has 4 nitrogen and oxygen atoms in total. The molecular formula is C12H9ClN4. The van der Waals surface area contributed by atoms with Gasteiger partial charge in [0.05, 0.1) is 0 Å². The van der Waals surface area contributed by atoms with Gasteiger partial charge in [-0.2, -0.15) is 0 Å². The van der Waals surface area contributed by atoms with Crippen molar-refractivity contribution >= 4 is 17.2 Å². The van der Waals surface area contributed by atoms with Crippen molar-refractivity contribution < 1.29 is 0 Å². The van der Waals surface area contributed by atoms with Gasteiger partial charge in [0.25, 0.3) is 0 Å².